The Morgan fingerprint density at radius 2 is 2.10 bits per heavy atom. The second kappa shape index (κ2) is 6.85. The van der Waals surface area contributed by atoms with Crippen molar-refractivity contribution in [2.45, 2.75) is 6.61 Å². The van der Waals surface area contributed by atoms with Gasteiger partial charge in [-0.25, -0.2) is 4.79 Å². The summed E-state index contributed by atoms with van der Waals surface area (Å²) in [6, 6.07) is 9.47. The Morgan fingerprint density at radius 1 is 1.33 bits per heavy atom. The number of halogens is 1. The highest BCUT2D eigenvalue weighted by Gasteiger charge is 2.13. The van der Waals surface area contributed by atoms with Crippen LogP contribution >= 0.6 is 15.9 Å². The lowest BCUT2D eigenvalue weighted by Gasteiger charge is -2.02. The Morgan fingerprint density at radius 3 is 2.76 bits per heavy atom. The van der Waals surface area contributed by atoms with Crippen LogP contribution in [0.5, 0.6) is 0 Å². The van der Waals surface area contributed by atoms with E-state index in [0.717, 1.165) is 0 Å². The quantitative estimate of drug-likeness (QED) is 0.355. The molecular formula is C14H10BrNO5. The van der Waals surface area contributed by atoms with Crippen molar-refractivity contribution in [3.63, 3.8) is 0 Å². The molecule has 0 unspecified atom stereocenters. The van der Waals surface area contributed by atoms with Crippen LogP contribution in [0.3, 0.4) is 0 Å². The number of carbonyl (C=O) groups is 1. The summed E-state index contributed by atoms with van der Waals surface area (Å²) in [4.78, 5) is 21.8. The molecule has 0 aliphatic rings. The molecule has 0 radical (unpaired) electrons. The molecular weight excluding hydrogens is 342 g/mol. The normalized spacial score (nSPS) is 10.7. The first-order valence-electron chi connectivity index (χ1n) is 5.89. The Bertz CT molecular complexity index is 692. The molecule has 7 heteroatoms. The van der Waals surface area contributed by atoms with Crippen LogP contribution in [-0.2, 0) is 16.1 Å². The third kappa shape index (κ3) is 4.28. The van der Waals surface area contributed by atoms with Crippen molar-refractivity contribution in [2.24, 2.45) is 0 Å². The number of furan rings is 1. The number of benzene rings is 1. The summed E-state index contributed by atoms with van der Waals surface area (Å²) in [5.74, 6) is -0.120. The van der Waals surface area contributed by atoms with E-state index in [1.54, 1.807) is 30.3 Å². The standard InChI is InChI=1S/C14H10BrNO5/c15-13-7-5-11(21-13)6-8-14(17)20-9-10-3-1-2-4-12(10)16(18)19/h1-8H,9H2/b8-6+. The number of nitro benzene ring substituents is 1. The molecule has 2 rings (SSSR count). The topological polar surface area (TPSA) is 82.6 Å². The molecule has 0 saturated heterocycles. The van der Waals surface area contributed by atoms with Gasteiger partial charge in [-0.15, -0.1) is 0 Å². The van der Waals surface area contributed by atoms with Crippen LogP contribution in [0.1, 0.15) is 11.3 Å². The van der Waals surface area contributed by atoms with Crippen LogP contribution in [0.15, 0.2) is 51.6 Å². The van der Waals surface area contributed by atoms with Gasteiger partial charge < -0.3 is 9.15 Å². The monoisotopic (exact) mass is 351 g/mol. The van der Waals surface area contributed by atoms with E-state index in [1.165, 1.54) is 18.2 Å². The lowest BCUT2D eigenvalue weighted by molar-refractivity contribution is -0.385. The molecule has 1 aromatic heterocycles. The minimum atomic E-state index is -0.610. The Balaban J connectivity index is 1.95. The maximum Gasteiger partial charge on any atom is 0.331 e. The van der Waals surface area contributed by atoms with Crippen LogP contribution in [0.2, 0.25) is 0 Å². The molecule has 0 amide bonds. The predicted molar refractivity (Wildman–Crippen MR) is 78.3 cm³/mol. The Kier molecular flexibility index (Phi) is 4.89. The van der Waals surface area contributed by atoms with E-state index in [9.17, 15) is 14.9 Å². The molecule has 0 aliphatic heterocycles. The lowest BCUT2D eigenvalue weighted by Crippen LogP contribution is -2.03. The number of nitro groups is 1. The summed E-state index contributed by atoms with van der Waals surface area (Å²) in [6.07, 6.45) is 2.65. The fourth-order valence-electron chi connectivity index (χ4n) is 1.58. The zero-order chi connectivity index (χ0) is 15.2. The third-order valence-electron chi connectivity index (χ3n) is 2.54. The van der Waals surface area contributed by atoms with Crippen LogP contribution in [0.25, 0.3) is 6.08 Å². The SMILES string of the molecule is O=C(/C=C/c1ccc(Br)o1)OCc1ccccc1[N+](=O)[O-]. The fraction of sp³-hybridized carbons (Fsp3) is 0.0714. The van der Waals surface area contributed by atoms with Gasteiger partial charge >= 0.3 is 5.97 Å². The molecule has 0 atom stereocenters. The number of para-hydroxylation sites is 1. The largest absolute Gasteiger partial charge is 0.457 e. The third-order valence-corrected chi connectivity index (χ3v) is 2.96. The van der Waals surface area contributed by atoms with E-state index in [4.69, 9.17) is 9.15 Å². The maximum atomic E-state index is 11.5. The number of esters is 1. The zero-order valence-electron chi connectivity index (χ0n) is 10.7. The molecule has 6 nitrogen and oxygen atoms in total. The van der Waals surface area contributed by atoms with Crippen molar-refractivity contribution >= 4 is 33.7 Å². The van der Waals surface area contributed by atoms with E-state index in [2.05, 4.69) is 15.9 Å². The van der Waals surface area contributed by atoms with E-state index in [1.807, 2.05) is 0 Å². The molecule has 108 valence electrons. The van der Waals surface area contributed by atoms with Crippen LogP contribution < -0.4 is 0 Å². The summed E-state index contributed by atoms with van der Waals surface area (Å²) >= 11 is 3.14. The van der Waals surface area contributed by atoms with Gasteiger partial charge in [-0.3, -0.25) is 10.1 Å². The molecule has 0 saturated carbocycles. The number of nitrogens with zero attached hydrogens (tertiary/aromatic N) is 1. The highest BCUT2D eigenvalue weighted by molar-refractivity contribution is 9.10. The first-order valence-corrected chi connectivity index (χ1v) is 6.68. The van der Waals surface area contributed by atoms with Crippen molar-refractivity contribution in [1.82, 2.24) is 0 Å². The number of ether oxygens (including phenoxy) is 1. The van der Waals surface area contributed by atoms with Gasteiger partial charge in [0.05, 0.1) is 10.5 Å². The first-order chi connectivity index (χ1) is 10.1. The summed E-state index contributed by atoms with van der Waals surface area (Å²) in [5.41, 5.74) is 0.259. The molecule has 0 aliphatic carbocycles. The Labute approximate surface area is 128 Å². The van der Waals surface area contributed by atoms with Gasteiger partial charge in [0.15, 0.2) is 4.67 Å². The van der Waals surface area contributed by atoms with E-state index in [-0.39, 0.29) is 12.3 Å². The number of hydrogen-bond acceptors (Lipinski definition) is 5. The smallest absolute Gasteiger partial charge is 0.331 e. The molecule has 1 aromatic carbocycles. The minimum Gasteiger partial charge on any atom is -0.457 e. The fourth-order valence-corrected chi connectivity index (χ4v) is 1.90. The molecule has 0 fully saturated rings. The molecule has 2 aromatic rings. The van der Waals surface area contributed by atoms with E-state index in [0.29, 0.717) is 16.0 Å². The summed E-state index contributed by atoms with van der Waals surface area (Å²) in [6.45, 7) is -0.165. The summed E-state index contributed by atoms with van der Waals surface area (Å²) in [5, 5.41) is 10.8. The molecule has 0 N–H and O–H groups in total. The van der Waals surface area contributed by atoms with Gasteiger partial charge in [0.25, 0.3) is 5.69 Å². The van der Waals surface area contributed by atoms with Crippen molar-refractivity contribution < 1.29 is 18.9 Å². The van der Waals surface area contributed by atoms with Gasteiger partial charge in [0, 0.05) is 12.1 Å². The van der Waals surface area contributed by atoms with Crippen molar-refractivity contribution in [1.29, 1.82) is 0 Å². The molecule has 21 heavy (non-hydrogen) atoms. The van der Waals surface area contributed by atoms with Gasteiger partial charge in [-0.1, -0.05) is 12.1 Å². The van der Waals surface area contributed by atoms with Gasteiger partial charge in [-0.05, 0) is 40.2 Å². The molecule has 0 spiro atoms. The van der Waals surface area contributed by atoms with Crippen molar-refractivity contribution in [3.05, 3.63) is 68.6 Å². The molecule has 1 heterocycles. The van der Waals surface area contributed by atoms with Gasteiger partial charge in [0.1, 0.15) is 12.4 Å². The number of rotatable bonds is 5. The second-order valence-electron chi connectivity index (χ2n) is 3.97. The number of hydrogen-bond donors (Lipinski definition) is 0. The highest BCUT2D eigenvalue weighted by Crippen LogP contribution is 2.19. The van der Waals surface area contributed by atoms with Gasteiger partial charge in [0.2, 0.25) is 0 Å². The van der Waals surface area contributed by atoms with E-state index < -0.39 is 10.9 Å². The average molecular weight is 352 g/mol. The van der Waals surface area contributed by atoms with Crippen LogP contribution in [0.4, 0.5) is 5.69 Å². The summed E-state index contributed by atoms with van der Waals surface area (Å²) < 4.78 is 10.7. The Hall–Kier alpha value is -2.41. The minimum absolute atomic E-state index is 0.0794. The van der Waals surface area contributed by atoms with E-state index >= 15 is 0 Å². The first kappa shape index (κ1) is 15.0. The second-order valence-corrected chi connectivity index (χ2v) is 4.75. The number of carbonyl (C=O) groups excluding carboxylic acids is 1. The van der Waals surface area contributed by atoms with Crippen LogP contribution in [0, 0.1) is 10.1 Å². The van der Waals surface area contributed by atoms with Crippen molar-refractivity contribution in [3.8, 4) is 0 Å². The summed E-state index contributed by atoms with van der Waals surface area (Å²) in [7, 11) is 0. The molecule has 0 bridgehead atoms. The highest BCUT2D eigenvalue weighted by atomic mass is 79.9. The lowest BCUT2D eigenvalue weighted by atomic mass is 10.2. The predicted octanol–water partition coefficient (Wildman–Crippen LogP) is 3.71. The zero-order valence-corrected chi connectivity index (χ0v) is 12.3. The average Bonchev–Trinajstić information content (AvgIpc) is 2.88. The van der Waals surface area contributed by atoms with Crippen LogP contribution in [-0.4, -0.2) is 10.9 Å². The maximum absolute atomic E-state index is 11.5. The van der Waals surface area contributed by atoms with Gasteiger partial charge in [-0.2, -0.15) is 0 Å². The van der Waals surface area contributed by atoms with Crippen molar-refractivity contribution in [2.75, 3.05) is 0 Å².